The molecule has 1 fully saturated rings. The summed E-state index contributed by atoms with van der Waals surface area (Å²) < 4.78 is 5.54. The number of rotatable bonds is 3. The second-order valence-corrected chi connectivity index (χ2v) is 5.94. The molecular formula is C16H21NO3. The van der Waals surface area contributed by atoms with E-state index in [1.807, 2.05) is 11.0 Å². The first kappa shape index (κ1) is 13.4. The monoisotopic (exact) mass is 275 g/mol. The van der Waals surface area contributed by atoms with Gasteiger partial charge >= 0.3 is 0 Å². The van der Waals surface area contributed by atoms with Gasteiger partial charge in [0.15, 0.2) is 0 Å². The molecule has 1 saturated carbocycles. The lowest BCUT2D eigenvalue weighted by atomic mass is 9.77. The fourth-order valence-electron chi connectivity index (χ4n) is 3.17. The van der Waals surface area contributed by atoms with Gasteiger partial charge in [0, 0.05) is 20.2 Å². The summed E-state index contributed by atoms with van der Waals surface area (Å²) in [4.78, 5) is 14.3. The lowest BCUT2D eigenvalue weighted by Gasteiger charge is -2.41. The number of phenolic OH excluding ortho intramolecular Hbond substituents is 1. The molecule has 0 spiro atoms. The van der Waals surface area contributed by atoms with Gasteiger partial charge in [-0.3, -0.25) is 4.79 Å². The Morgan fingerprint density at radius 1 is 1.40 bits per heavy atom. The topological polar surface area (TPSA) is 49.8 Å². The normalized spacial score (nSPS) is 20.1. The number of fused-ring (bicyclic) bond motifs is 1. The van der Waals surface area contributed by atoms with Crippen molar-refractivity contribution in [3.8, 4) is 5.75 Å². The smallest absolute Gasteiger partial charge is 0.225 e. The molecule has 1 aliphatic heterocycles. The molecule has 1 aliphatic carbocycles. The molecule has 1 N–H and O–H groups in total. The van der Waals surface area contributed by atoms with Crippen LogP contribution in [0.3, 0.4) is 0 Å². The summed E-state index contributed by atoms with van der Waals surface area (Å²) in [6, 6.07) is 5.43. The summed E-state index contributed by atoms with van der Waals surface area (Å²) in [6.07, 6.45) is 4.47. The van der Waals surface area contributed by atoms with Crippen LogP contribution in [-0.4, -0.2) is 35.2 Å². The number of methoxy groups -OCH3 is 1. The standard InChI is InChI=1S/C16H21NO3/c1-20-16(6-2-7-16)10-15(19)17-8-5-12-3-4-14(18)9-13(12)11-17/h3-4,9,18H,2,5-8,10-11H2,1H3. The SMILES string of the molecule is COC1(CC(=O)N2CCc3ccc(O)cc3C2)CCC1. The molecule has 0 atom stereocenters. The Bertz CT molecular complexity index is 517. The summed E-state index contributed by atoms with van der Waals surface area (Å²) in [6.45, 7) is 1.36. The Hall–Kier alpha value is -1.55. The van der Waals surface area contributed by atoms with Crippen LogP contribution in [-0.2, 0) is 22.5 Å². The van der Waals surface area contributed by atoms with Gasteiger partial charge in [-0.2, -0.15) is 0 Å². The van der Waals surface area contributed by atoms with Crippen molar-refractivity contribution in [3.63, 3.8) is 0 Å². The van der Waals surface area contributed by atoms with Crippen molar-refractivity contribution in [2.75, 3.05) is 13.7 Å². The minimum absolute atomic E-state index is 0.167. The summed E-state index contributed by atoms with van der Waals surface area (Å²) in [5.74, 6) is 0.436. The van der Waals surface area contributed by atoms with Crippen molar-refractivity contribution in [2.45, 2.75) is 44.2 Å². The molecule has 0 saturated heterocycles. The Morgan fingerprint density at radius 3 is 2.85 bits per heavy atom. The highest BCUT2D eigenvalue weighted by Crippen LogP contribution is 2.38. The Kier molecular flexibility index (Phi) is 3.42. The zero-order chi connectivity index (χ0) is 14.2. The lowest BCUT2D eigenvalue weighted by molar-refractivity contribution is -0.145. The van der Waals surface area contributed by atoms with Gasteiger partial charge in [0.25, 0.3) is 0 Å². The Morgan fingerprint density at radius 2 is 2.20 bits per heavy atom. The van der Waals surface area contributed by atoms with Gasteiger partial charge in [-0.15, -0.1) is 0 Å². The lowest BCUT2D eigenvalue weighted by Crippen LogP contribution is -2.46. The average Bonchev–Trinajstić information content (AvgIpc) is 2.41. The van der Waals surface area contributed by atoms with Crippen molar-refractivity contribution in [1.29, 1.82) is 0 Å². The van der Waals surface area contributed by atoms with Crippen LogP contribution in [0.1, 0.15) is 36.8 Å². The molecular weight excluding hydrogens is 254 g/mol. The molecule has 0 aromatic heterocycles. The quantitative estimate of drug-likeness (QED) is 0.920. The molecule has 0 unspecified atom stereocenters. The molecule has 4 nitrogen and oxygen atoms in total. The number of amides is 1. The van der Waals surface area contributed by atoms with E-state index in [4.69, 9.17) is 4.74 Å². The average molecular weight is 275 g/mol. The van der Waals surface area contributed by atoms with Crippen molar-refractivity contribution in [2.24, 2.45) is 0 Å². The van der Waals surface area contributed by atoms with Crippen molar-refractivity contribution in [3.05, 3.63) is 29.3 Å². The van der Waals surface area contributed by atoms with Gasteiger partial charge < -0.3 is 14.7 Å². The zero-order valence-corrected chi connectivity index (χ0v) is 11.9. The number of nitrogens with zero attached hydrogens (tertiary/aromatic N) is 1. The molecule has 108 valence electrons. The molecule has 20 heavy (non-hydrogen) atoms. The minimum atomic E-state index is -0.212. The molecule has 1 aromatic rings. The van der Waals surface area contributed by atoms with Gasteiger partial charge in [0.2, 0.25) is 5.91 Å². The third-order valence-electron chi connectivity index (χ3n) is 4.73. The Labute approximate surface area is 119 Å². The number of phenols is 1. The van der Waals surface area contributed by atoms with E-state index in [9.17, 15) is 9.90 Å². The highest BCUT2D eigenvalue weighted by atomic mass is 16.5. The maximum Gasteiger partial charge on any atom is 0.225 e. The van der Waals surface area contributed by atoms with Crippen LogP contribution >= 0.6 is 0 Å². The second-order valence-electron chi connectivity index (χ2n) is 5.94. The van der Waals surface area contributed by atoms with Crippen LogP contribution in [0, 0.1) is 0 Å². The highest BCUT2D eigenvalue weighted by molar-refractivity contribution is 5.78. The van der Waals surface area contributed by atoms with E-state index in [1.165, 1.54) is 5.56 Å². The van der Waals surface area contributed by atoms with Crippen LogP contribution in [0.15, 0.2) is 18.2 Å². The van der Waals surface area contributed by atoms with Gasteiger partial charge in [-0.25, -0.2) is 0 Å². The van der Waals surface area contributed by atoms with E-state index in [0.717, 1.165) is 37.8 Å². The summed E-state index contributed by atoms with van der Waals surface area (Å²) >= 11 is 0. The molecule has 1 heterocycles. The van der Waals surface area contributed by atoms with Crippen LogP contribution < -0.4 is 0 Å². The van der Waals surface area contributed by atoms with Crippen LogP contribution in [0.5, 0.6) is 5.75 Å². The van der Waals surface area contributed by atoms with Crippen molar-refractivity contribution < 1.29 is 14.6 Å². The maximum absolute atomic E-state index is 12.4. The van der Waals surface area contributed by atoms with E-state index >= 15 is 0 Å². The van der Waals surface area contributed by atoms with Crippen molar-refractivity contribution >= 4 is 5.91 Å². The predicted molar refractivity (Wildman–Crippen MR) is 75.4 cm³/mol. The largest absolute Gasteiger partial charge is 0.508 e. The van der Waals surface area contributed by atoms with E-state index < -0.39 is 0 Å². The summed E-state index contributed by atoms with van der Waals surface area (Å²) in [5, 5.41) is 9.56. The van der Waals surface area contributed by atoms with E-state index in [-0.39, 0.29) is 17.3 Å². The van der Waals surface area contributed by atoms with E-state index in [0.29, 0.717) is 13.0 Å². The molecule has 3 rings (SSSR count). The highest BCUT2D eigenvalue weighted by Gasteiger charge is 2.40. The number of aromatic hydroxyl groups is 1. The molecule has 0 radical (unpaired) electrons. The number of hydrogen-bond donors (Lipinski definition) is 1. The third kappa shape index (κ3) is 2.40. The predicted octanol–water partition coefficient (Wildman–Crippen LogP) is 2.24. The fourth-order valence-corrected chi connectivity index (χ4v) is 3.17. The van der Waals surface area contributed by atoms with Gasteiger partial charge in [0.1, 0.15) is 5.75 Å². The van der Waals surface area contributed by atoms with E-state index in [1.54, 1.807) is 19.2 Å². The van der Waals surface area contributed by atoms with Crippen molar-refractivity contribution in [1.82, 2.24) is 4.90 Å². The van der Waals surface area contributed by atoms with E-state index in [2.05, 4.69) is 0 Å². The van der Waals surface area contributed by atoms with Gasteiger partial charge in [0.05, 0.1) is 12.0 Å². The third-order valence-corrected chi connectivity index (χ3v) is 4.73. The van der Waals surface area contributed by atoms with Crippen LogP contribution in [0.25, 0.3) is 0 Å². The number of carbonyl (C=O) groups excluding carboxylic acids is 1. The maximum atomic E-state index is 12.4. The Balaban J connectivity index is 1.68. The molecule has 1 amide bonds. The molecule has 1 aromatic carbocycles. The van der Waals surface area contributed by atoms with Crippen LogP contribution in [0.4, 0.5) is 0 Å². The first-order chi connectivity index (χ1) is 9.62. The fraction of sp³-hybridized carbons (Fsp3) is 0.562. The number of benzene rings is 1. The molecule has 2 aliphatic rings. The van der Waals surface area contributed by atoms with Crippen LogP contribution in [0.2, 0.25) is 0 Å². The summed E-state index contributed by atoms with van der Waals surface area (Å²) in [7, 11) is 1.70. The van der Waals surface area contributed by atoms with Gasteiger partial charge in [-0.1, -0.05) is 6.07 Å². The first-order valence-electron chi connectivity index (χ1n) is 7.26. The number of ether oxygens (including phenoxy) is 1. The zero-order valence-electron chi connectivity index (χ0n) is 11.9. The molecule has 0 bridgehead atoms. The van der Waals surface area contributed by atoms with Gasteiger partial charge in [-0.05, 0) is 48.9 Å². The number of hydrogen-bond acceptors (Lipinski definition) is 3. The molecule has 4 heteroatoms. The minimum Gasteiger partial charge on any atom is -0.508 e. The number of carbonyl (C=O) groups is 1. The first-order valence-corrected chi connectivity index (χ1v) is 7.26. The second kappa shape index (κ2) is 5.09. The summed E-state index contributed by atoms with van der Waals surface area (Å²) in [5.41, 5.74) is 2.08.